The molecule has 4 bridgehead atoms. The molecule has 7 rings (SSSR count). The zero-order valence-corrected chi connectivity index (χ0v) is 20.5. The molecule has 7 nitrogen and oxygen atoms in total. The third kappa shape index (κ3) is 4.35. The number of nitrogens with zero attached hydrogens (tertiary/aromatic N) is 3. The van der Waals surface area contributed by atoms with Crippen LogP contribution in [-0.4, -0.2) is 48.0 Å². The van der Waals surface area contributed by atoms with Crippen molar-refractivity contribution in [1.29, 1.82) is 0 Å². The number of rotatable bonds is 5. The van der Waals surface area contributed by atoms with Crippen LogP contribution in [-0.2, 0) is 0 Å². The molecule has 0 unspecified atom stereocenters. The van der Waals surface area contributed by atoms with Crippen LogP contribution in [0.5, 0.6) is 0 Å². The fourth-order valence-corrected chi connectivity index (χ4v) is 7.50. The van der Waals surface area contributed by atoms with E-state index in [-0.39, 0.29) is 16.5 Å². The van der Waals surface area contributed by atoms with Gasteiger partial charge in [0.1, 0.15) is 5.69 Å². The van der Waals surface area contributed by atoms with E-state index >= 15 is 0 Å². The first-order valence-electron chi connectivity index (χ1n) is 12.8. The van der Waals surface area contributed by atoms with Gasteiger partial charge in [0.15, 0.2) is 0 Å². The number of hydrogen-bond acceptors (Lipinski definition) is 5. The molecule has 4 aliphatic carbocycles. The molecule has 1 N–H and O–H groups in total. The summed E-state index contributed by atoms with van der Waals surface area (Å²) in [5.41, 5.74) is 2.36. The molecule has 2 aromatic rings. The maximum absolute atomic E-state index is 12.9. The highest BCUT2D eigenvalue weighted by Gasteiger charge is 2.48. The minimum absolute atomic E-state index is 0.0138. The van der Waals surface area contributed by atoms with Crippen molar-refractivity contribution in [2.24, 2.45) is 23.7 Å². The van der Waals surface area contributed by atoms with Gasteiger partial charge in [0.25, 0.3) is 11.6 Å². The third-order valence-electron chi connectivity index (χ3n) is 8.73. The second-order valence-corrected chi connectivity index (χ2v) is 11.3. The van der Waals surface area contributed by atoms with Crippen molar-refractivity contribution in [2.75, 3.05) is 36.4 Å². The van der Waals surface area contributed by atoms with E-state index in [1.807, 2.05) is 17.0 Å². The lowest BCUT2D eigenvalue weighted by Gasteiger charge is -2.54. The molecule has 5 fully saturated rings. The maximum Gasteiger partial charge on any atom is 0.292 e. The number of piperazine rings is 1. The molecule has 35 heavy (non-hydrogen) atoms. The number of carbonyl (C=O) groups is 1. The van der Waals surface area contributed by atoms with Crippen molar-refractivity contribution in [1.82, 2.24) is 4.90 Å². The van der Waals surface area contributed by atoms with Crippen LogP contribution < -0.4 is 10.2 Å². The van der Waals surface area contributed by atoms with Gasteiger partial charge in [-0.2, -0.15) is 0 Å². The number of halogens is 1. The van der Waals surface area contributed by atoms with E-state index in [9.17, 15) is 14.9 Å². The van der Waals surface area contributed by atoms with Crippen LogP contribution in [0.1, 0.15) is 42.5 Å². The minimum Gasteiger partial charge on any atom is -0.376 e. The van der Waals surface area contributed by atoms with E-state index in [1.165, 1.54) is 32.1 Å². The van der Waals surface area contributed by atoms with E-state index in [0.29, 0.717) is 60.3 Å². The average Bonchev–Trinajstić information content (AvgIpc) is 2.85. The maximum atomic E-state index is 12.9. The lowest BCUT2D eigenvalue weighted by atomic mass is 9.54. The number of hydrogen-bond donors (Lipinski definition) is 1. The van der Waals surface area contributed by atoms with Gasteiger partial charge in [0.2, 0.25) is 0 Å². The lowest BCUT2D eigenvalue weighted by molar-refractivity contribution is -0.384. The summed E-state index contributed by atoms with van der Waals surface area (Å²) in [7, 11) is 0. The number of carbonyl (C=O) groups excluding carboxylic acids is 1. The van der Waals surface area contributed by atoms with Crippen molar-refractivity contribution < 1.29 is 9.72 Å². The molecule has 0 aromatic heterocycles. The largest absolute Gasteiger partial charge is 0.376 e. The van der Waals surface area contributed by atoms with Crippen LogP contribution >= 0.6 is 11.6 Å². The Morgan fingerprint density at radius 3 is 2.26 bits per heavy atom. The van der Waals surface area contributed by atoms with E-state index < -0.39 is 0 Å². The molecule has 0 spiro atoms. The minimum atomic E-state index is -0.274. The van der Waals surface area contributed by atoms with Crippen molar-refractivity contribution in [3.63, 3.8) is 0 Å². The van der Waals surface area contributed by atoms with E-state index in [2.05, 4.69) is 10.2 Å². The molecule has 5 aliphatic rings. The van der Waals surface area contributed by atoms with Crippen molar-refractivity contribution in [3.8, 4) is 0 Å². The van der Waals surface area contributed by atoms with E-state index in [4.69, 9.17) is 11.6 Å². The number of nitro benzene ring substituents is 1. The number of nitro groups is 1. The summed E-state index contributed by atoms with van der Waals surface area (Å²) in [4.78, 5) is 28.5. The summed E-state index contributed by atoms with van der Waals surface area (Å²) in [6.45, 7) is 2.56. The van der Waals surface area contributed by atoms with Crippen LogP contribution in [0.2, 0.25) is 5.02 Å². The molecule has 0 radical (unpaired) electrons. The summed E-state index contributed by atoms with van der Waals surface area (Å²) in [5.74, 6) is 2.98. The van der Waals surface area contributed by atoms with Gasteiger partial charge in [0.05, 0.1) is 4.92 Å². The lowest BCUT2D eigenvalue weighted by Crippen LogP contribution is -2.51. The number of benzene rings is 2. The summed E-state index contributed by atoms with van der Waals surface area (Å²) >= 11 is 6.06. The molecule has 2 aromatic carbocycles. The zero-order valence-electron chi connectivity index (χ0n) is 19.7. The Labute approximate surface area is 210 Å². The highest BCUT2D eigenvalue weighted by molar-refractivity contribution is 6.30. The highest BCUT2D eigenvalue weighted by atomic mass is 35.5. The van der Waals surface area contributed by atoms with Gasteiger partial charge < -0.3 is 15.1 Å². The standard InChI is InChI=1S/C27H31ClN4O3/c28-22-3-1-2-19(15-22)27(33)31-8-6-30(7-9-31)23-4-5-25(32(34)35)24(16-23)29-26-20-11-17-10-18(13-20)14-21(26)12-17/h1-5,15-18,20-21,26,29H,6-14H2. The SMILES string of the molecule is O=C(c1cccc(Cl)c1)N1CCN(c2ccc([N+](=O)[O-])c(NC3C4CC5CC(C4)CC3C5)c2)CC1. The van der Waals surface area contributed by atoms with Crippen LogP contribution in [0.3, 0.4) is 0 Å². The van der Waals surface area contributed by atoms with Crippen LogP contribution in [0, 0.1) is 33.8 Å². The highest BCUT2D eigenvalue weighted by Crippen LogP contribution is 2.54. The molecule has 8 heteroatoms. The molecule has 184 valence electrons. The Hall–Kier alpha value is -2.80. The Bertz CT molecular complexity index is 1120. The second kappa shape index (κ2) is 9.01. The monoisotopic (exact) mass is 494 g/mol. The fourth-order valence-electron chi connectivity index (χ4n) is 7.31. The predicted octanol–water partition coefficient (Wildman–Crippen LogP) is 5.45. The fraction of sp³-hybridized carbons (Fsp3) is 0.519. The Morgan fingerprint density at radius 2 is 1.63 bits per heavy atom. The summed E-state index contributed by atoms with van der Waals surface area (Å²) < 4.78 is 0. The third-order valence-corrected chi connectivity index (χ3v) is 8.96. The van der Waals surface area contributed by atoms with Gasteiger partial charge in [-0.15, -0.1) is 0 Å². The molecular formula is C27H31ClN4O3. The molecule has 0 atom stereocenters. The first kappa shape index (κ1) is 22.7. The molecule has 1 heterocycles. The topological polar surface area (TPSA) is 78.7 Å². The molecule has 4 saturated carbocycles. The Morgan fingerprint density at radius 1 is 0.943 bits per heavy atom. The van der Waals surface area contributed by atoms with Crippen LogP contribution in [0.15, 0.2) is 42.5 Å². The molecule has 1 aliphatic heterocycles. The quantitative estimate of drug-likeness (QED) is 0.442. The Balaban J connectivity index is 1.17. The van der Waals surface area contributed by atoms with Gasteiger partial charge >= 0.3 is 0 Å². The van der Waals surface area contributed by atoms with Gasteiger partial charge in [-0.1, -0.05) is 17.7 Å². The smallest absolute Gasteiger partial charge is 0.292 e. The summed E-state index contributed by atoms with van der Waals surface area (Å²) in [6.07, 6.45) is 6.45. The van der Waals surface area contributed by atoms with Crippen LogP contribution in [0.25, 0.3) is 0 Å². The van der Waals surface area contributed by atoms with Crippen molar-refractivity contribution in [3.05, 3.63) is 63.2 Å². The van der Waals surface area contributed by atoms with E-state index in [1.54, 1.807) is 30.3 Å². The average molecular weight is 495 g/mol. The van der Waals surface area contributed by atoms with Gasteiger partial charge in [0, 0.05) is 54.6 Å². The van der Waals surface area contributed by atoms with Crippen LogP contribution in [0.4, 0.5) is 17.1 Å². The Kier molecular flexibility index (Phi) is 5.83. The zero-order chi connectivity index (χ0) is 24.1. The number of amides is 1. The van der Waals surface area contributed by atoms with Gasteiger partial charge in [-0.05, 0) is 86.1 Å². The molecule has 1 amide bonds. The first-order chi connectivity index (χ1) is 16.9. The second-order valence-electron chi connectivity index (χ2n) is 10.8. The molecular weight excluding hydrogens is 464 g/mol. The van der Waals surface area contributed by atoms with E-state index in [0.717, 1.165) is 17.5 Å². The number of anilines is 2. The summed E-state index contributed by atoms with van der Waals surface area (Å²) in [6, 6.07) is 12.8. The van der Waals surface area contributed by atoms with Gasteiger partial charge in [-0.25, -0.2) is 0 Å². The summed E-state index contributed by atoms with van der Waals surface area (Å²) in [5, 5.41) is 16.0. The van der Waals surface area contributed by atoms with Crippen molar-refractivity contribution >= 4 is 34.6 Å². The van der Waals surface area contributed by atoms with Crippen molar-refractivity contribution in [2.45, 2.75) is 38.1 Å². The predicted molar refractivity (Wildman–Crippen MR) is 137 cm³/mol. The molecule has 1 saturated heterocycles. The first-order valence-corrected chi connectivity index (χ1v) is 13.2. The van der Waals surface area contributed by atoms with Gasteiger partial charge in [-0.3, -0.25) is 14.9 Å². The normalized spacial score (nSPS) is 29.3. The number of nitrogens with one attached hydrogen (secondary N) is 1.